The minimum absolute atomic E-state index is 0.0225. The van der Waals surface area contributed by atoms with Crippen molar-refractivity contribution in [2.75, 3.05) is 0 Å². The molecule has 4 nitrogen and oxygen atoms in total. The SMILES string of the molecule is O=C(O)c1coc(C2CCCCCC2)n1. The van der Waals surface area contributed by atoms with Crippen molar-refractivity contribution in [2.24, 2.45) is 0 Å². The molecule has 0 saturated heterocycles. The summed E-state index contributed by atoms with van der Waals surface area (Å²) in [5.41, 5.74) is 0.0225. The Morgan fingerprint density at radius 1 is 1.33 bits per heavy atom. The fraction of sp³-hybridized carbons (Fsp3) is 0.636. The highest BCUT2D eigenvalue weighted by atomic mass is 16.4. The molecule has 0 spiro atoms. The number of carbonyl (C=O) groups is 1. The minimum Gasteiger partial charge on any atom is -0.476 e. The maximum absolute atomic E-state index is 10.6. The summed E-state index contributed by atoms with van der Waals surface area (Å²) in [4.78, 5) is 14.7. The van der Waals surface area contributed by atoms with E-state index in [1.54, 1.807) is 0 Å². The number of carboxylic acid groups (broad SMARTS) is 1. The van der Waals surface area contributed by atoms with Gasteiger partial charge in [0.25, 0.3) is 0 Å². The van der Waals surface area contributed by atoms with Gasteiger partial charge in [-0.05, 0) is 12.8 Å². The lowest BCUT2D eigenvalue weighted by molar-refractivity contribution is 0.0690. The Bertz CT molecular complexity index is 337. The van der Waals surface area contributed by atoms with Crippen LogP contribution in [0.3, 0.4) is 0 Å². The molecular weight excluding hydrogens is 194 g/mol. The van der Waals surface area contributed by atoms with Gasteiger partial charge in [-0.25, -0.2) is 9.78 Å². The van der Waals surface area contributed by atoms with E-state index in [2.05, 4.69) is 4.98 Å². The number of hydrogen-bond acceptors (Lipinski definition) is 3. The molecule has 82 valence electrons. The molecule has 0 aromatic carbocycles. The Hall–Kier alpha value is -1.32. The van der Waals surface area contributed by atoms with Gasteiger partial charge in [-0.2, -0.15) is 0 Å². The third-order valence-electron chi connectivity index (χ3n) is 2.95. The Morgan fingerprint density at radius 3 is 2.53 bits per heavy atom. The van der Waals surface area contributed by atoms with Gasteiger partial charge in [-0.15, -0.1) is 0 Å². The van der Waals surface area contributed by atoms with Gasteiger partial charge in [0, 0.05) is 5.92 Å². The van der Waals surface area contributed by atoms with Gasteiger partial charge in [0.2, 0.25) is 0 Å². The monoisotopic (exact) mass is 209 g/mol. The fourth-order valence-corrected chi connectivity index (χ4v) is 2.10. The van der Waals surface area contributed by atoms with Gasteiger partial charge in [-0.1, -0.05) is 25.7 Å². The van der Waals surface area contributed by atoms with Crippen molar-refractivity contribution >= 4 is 5.97 Å². The van der Waals surface area contributed by atoms with E-state index < -0.39 is 5.97 Å². The topological polar surface area (TPSA) is 63.3 Å². The van der Waals surface area contributed by atoms with Gasteiger partial charge in [0.05, 0.1) is 0 Å². The highest BCUT2D eigenvalue weighted by molar-refractivity contribution is 5.84. The van der Waals surface area contributed by atoms with Crippen molar-refractivity contribution in [1.29, 1.82) is 0 Å². The lowest BCUT2D eigenvalue weighted by Gasteiger charge is -2.07. The minimum atomic E-state index is -1.02. The zero-order valence-corrected chi connectivity index (χ0v) is 8.61. The summed E-state index contributed by atoms with van der Waals surface area (Å²) in [5, 5.41) is 8.73. The van der Waals surface area contributed by atoms with Crippen LogP contribution < -0.4 is 0 Å². The van der Waals surface area contributed by atoms with Crippen LogP contribution >= 0.6 is 0 Å². The van der Waals surface area contributed by atoms with E-state index in [0.29, 0.717) is 11.8 Å². The average molecular weight is 209 g/mol. The van der Waals surface area contributed by atoms with Crippen molar-refractivity contribution in [3.8, 4) is 0 Å². The molecule has 1 fully saturated rings. The van der Waals surface area contributed by atoms with Crippen LogP contribution in [-0.4, -0.2) is 16.1 Å². The van der Waals surface area contributed by atoms with E-state index in [-0.39, 0.29) is 5.69 Å². The normalized spacial score (nSPS) is 18.7. The summed E-state index contributed by atoms with van der Waals surface area (Å²) < 4.78 is 5.23. The van der Waals surface area contributed by atoms with E-state index in [4.69, 9.17) is 9.52 Å². The molecule has 0 radical (unpaired) electrons. The van der Waals surface area contributed by atoms with Crippen LogP contribution in [0.5, 0.6) is 0 Å². The number of aromatic carboxylic acids is 1. The third kappa shape index (κ3) is 2.37. The van der Waals surface area contributed by atoms with Crippen LogP contribution in [0.25, 0.3) is 0 Å². The van der Waals surface area contributed by atoms with Gasteiger partial charge in [0.1, 0.15) is 6.26 Å². The van der Waals surface area contributed by atoms with E-state index >= 15 is 0 Å². The van der Waals surface area contributed by atoms with E-state index in [1.807, 2.05) is 0 Å². The van der Waals surface area contributed by atoms with Crippen LogP contribution in [0.15, 0.2) is 10.7 Å². The van der Waals surface area contributed by atoms with E-state index in [1.165, 1.54) is 31.9 Å². The lowest BCUT2D eigenvalue weighted by Crippen LogP contribution is -2.00. The number of nitrogens with zero attached hydrogens (tertiary/aromatic N) is 1. The summed E-state index contributed by atoms with van der Waals surface area (Å²) >= 11 is 0. The zero-order valence-electron chi connectivity index (χ0n) is 8.61. The number of oxazole rings is 1. The molecule has 1 aliphatic carbocycles. The second-order valence-electron chi connectivity index (χ2n) is 4.06. The molecule has 1 N–H and O–H groups in total. The van der Waals surface area contributed by atoms with Crippen LogP contribution in [0, 0.1) is 0 Å². The van der Waals surface area contributed by atoms with E-state index in [9.17, 15) is 4.79 Å². The molecule has 1 aliphatic rings. The number of carboxylic acids is 1. The first-order valence-corrected chi connectivity index (χ1v) is 5.46. The smallest absolute Gasteiger partial charge is 0.357 e. The number of hydrogen-bond donors (Lipinski definition) is 1. The highest BCUT2D eigenvalue weighted by Crippen LogP contribution is 2.30. The molecule has 0 amide bonds. The standard InChI is InChI=1S/C11H15NO3/c13-11(14)9-7-15-10(12-9)8-5-3-1-2-4-6-8/h7-8H,1-6H2,(H,13,14). The largest absolute Gasteiger partial charge is 0.476 e. The first kappa shape index (κ1) is 10.2. The first-order valence-electron chi connectivity index (χ1n) is 5.46. The van der Waals surface area contributed by atoms with Crippen molar-refractivity contribution in [3.05, 3.63) is 17.8 Å². The molecule has 0 bridgehead atoms. The summed E-state index contributed by atoms with van der Waals surface area (Å²) in [6.07, 6.45) is 8.29. The number of rotatable bonds is 2. The molecule has 1 aromatic rings. The van der Waals surface area contributed by atoms with Crippen LogP contribution in [-0.2, 0) is 0 Å². The van der Waals surface area contributed by atoms with Crippen LogP contribution in [0.4, 0.5) is 0 Å². The maximum Gasteiger partial charge on any atom is 0.357 e. The molecule has 1 aromatic heterocycles. The molecule has 1 heterocycles. The van der Waals surface area contributed by atoms with Gasteiger partial charge in [-0.3, -0.25) is 0 Å². The molecule has 2 rings (SSSR count). The third-order valence-corrected chi connectivity index (χ3v) is 2.95. The first-order chi connectivity index (χ1) is 7.27. The average Bonchev–Trinajstić information content (AvgIpc) is 2.55. The van der Waals surface area contributed by atoms with Crippen molar-refractivity contribution in [2.45, 2.75) is 44.4 Å². The highest BCUT2D eigenvalue weighted by Gasteiger charge is 2.20. The molecule has 4 heteroatoms. The lowest BCUT2D eigenvalue weighted by atomic mass is 10.0. The van der Waals surface area contributed by atoms with Crippen LogP contribution in [0.1, 0.15) is 60.8 Å². The Kier molecular flexibility index (Phi) is 3.04. The summed E-state index contributed by atoms with van der Waals surface area (Å²) in [6, 6.07) is 0. The predicted octanol–water partition coefficient (Wildman–Crippen LogP) is 2.81. The van der Waals surface area contributed by atoms with Crippen LogP contribution in [0.2, 0.25) is 0 Å². The molecule has 1 saturated carbocycles. The van der Waals surface area contributed by atoms with Gasteiger partial charge >= 0.3 is 5.97 Å². The molecular formula is C11H15NO3. The Balaban J connectivity index is 2.10. The molecule has 15 heavy (non-hydrogen) atoms. The molecule has 0 unspecified atom stereocenters. The zero-order chi connectivity index (χ0) is 10.7. The summed E-state index contributed by atoms with van der Waals surface area (Å²) in [7, 11) is 0. The fourth-order valence-electron chi connectivity index (χ4n) is 2.10. The van der Waals surface area contributed by atoms with Gasteiger partial charge in [0.15, 0.2) is 11.6 Å². The second kappa shape index (κ2) is 4.47. The van der Waals surface area contributed by atoms with Crippen molar-refractivity contribution in [1.82, 2.24) is 4.98 Å². The molecule has 0 atom stereocenters. The maximum atomic E-state index is 10.6. The Morgan fingerprint density at radius 2 is 2.00 bits per heavy atom. The van der Waals surface area contributed by atoms with E-state index in [0.717, 1.165) is 12.8 Å². The molecule has 0 aliphatic heterocycles. The van der Waals surface area contributed by atoms with Crippen molar-refractivity contribution < 1.29 is 14.3 Å². The van der Waals surface area contributed by atoms with Gasteiger partial charge < -0.3 is 9.52 Å². The summed E-state index contributed by atoms with van der Waals surface area (Å²) in [6.45, 7) is 0. The quantitative estimate of drug-likeness (QED) is 0.761. The predicted molar refractivity (Wildman–Crippen MR) is 53.9 cm³/mol. The second-order valence-corrected chi connectivity index (χ2v) is 4.06. The van der Waals surface area contributed by atoms with Crippen molar-refractivity contribution in [3.63, 3.8) is 0 Å². The summed E-state index contributed by atoms with van der Waals surface area (Å²) in [5.74, 6) is -0.0893. The Labute approximate surface area is 88.3 Å². The number of aromatic nitrogens is 1.